The minimum Gasteiger partial charge on any atom is -0.496 e. The summed E-state index contributed by atoms with van der Waals surface area (Å²) < 4.78 is 11.1. The Labute approximate surface area is 203 Å². The van der Waals surface area contributed by atoms with Crippen LogP contribution in [0.4, 0.5) is 10.5 Å². The van der Waals surface area contributed by atoms with Crippen LogP contribution in [0.15, 0.2) is 82.1 Å². The molecule has 0 radical (unpaired) electrons. The minimum absolute atomic E-state index is 0.103. The molecule has 2 heterocycles. The van der Waals surface area contributed by atoms with Crippen molar-refractivity contribution >= 4 is 45.4 Å². The number of imide groups is 1. The van der Waals surface area contributed by atoms with Crippen LogP contribution in [0.3, 0.4) is 0 Å². The fraction of sp³-hybridized carbons (Fsp3) is 0.0769. The smallest absolute Gasteiger partial charge is 0.293 e. The molecule has 0 saturated carbocycles. The number of carbonyl (C=O) groups excluding carboxylic acids is 2. The van der Waals surface area contributed by atoms with Crippen molar-refractivity contribution in [3.63, 3.8) is 0 Å². The number of carbonyl (C=O) groups is 2. The molecule has 3 aromatic carbocycles. The second-order valence-electron chi connectivity index (χ2n) is 7.79. The van der Waals surface area contributed by atoms with Crippen molar-refractivity contribution in [2.75, 3.05) is 7.11 Å². The van der Waals surface area contributed by atoms with Crippen LogP contribution in [-0.2, 0) is 11.3 Å². The van der Waals surface area contributed by atoms with E-state index in [9.17, 15) is 19.7 Å². The number of amides is 2. The lowest BCUT2D eigenvalue weighted by Gasteiger charge is -2.13. The van der Waals surface area contributed by atoms with E-state index >= 15 is 0 Å². The predicted molar refractivity (Wildman–Crippen MR) is 133 cm³/mol. The van der Waals surface area contributed by atoms with Crippen molar-refractivity contribution < 1.29 is 23.7 Å². The SMILES string of the molecule is COc1ccc([N+](=O)[O-])cc1-c1ccc(/C=C2\SC(=O)N(Cc3ccc4ccccc4c3)C2=O)o1. The van der Waals surface area contributed by atoms with Crippen LogP contribution in [0, 0.1) is 10.1 Å². The summed E-state index contributed by atoms with van der Waals surface area (Å²) in [6, 6.07) is 21.2. The summed E-state index contributed by atoms with van der Waals surface area (Å²) in [5.74, 6) is 0.684. The van der Waals surface area contributed by atoms with E-state index in [1.165, 1.54) is 36.3 Å². The van der Waals surface area contributed by atoms with E-state index in [4.69, 9.17) is 9.15 Å². The lowest BCUT2D eigenvalue weighted by Crippen LogP contribution is -2.27. The highest BCUT2D eigenvalue weighted by molar-refractivity contribution is 8.18. The van der Waals surface area contributed by atoms with Crippen molar-refractivity contribution in [2.24, 2.45) is 0 Å². The first-order chi connectivity index (χ1) is 16.9. The van der Waals surface area contributed by atoms with Gasteiger partial charge in [0, 0.05) is 18.2 Å². The predicted octanol–water partition coefficient (Wildman–Crippen LogP) is 6.25. The van der Waals surface area contributed by atoms with E-state index in [2.05, 4.69) is 0 Å². The number of hydrogen-bond acceptors (Lipinski definition) is 7. The van der Waals surface area contributed by atoms with Crippen LogP contribution in [0.25, 0.3) is 28.2 Å². The molecule has 4 aromatic rings. The largest absolute Gasteiger partial charge is 0.496 e. The van der Waals surface area contributed by atoms with Gasteiger partial charge in [-0.2, -0.15) is 0 Å². The van der Waals surface area contributed by atoms with Crippen molar-refractivity contribution in [1.29, 1.82) is 0 Å². The third kappa shape index (κ3) is 4.41. The molecule has 0 spiro atoms. The number of fused-ring (bicyclic) bond motifs is 1. The molecule has 35 heavy (non-hydrogen) atoms. The van der Waals surface area contributed by atoms with Crippen LogP contribution in [0.5, 0.6) is 5.75 Å². The third-order valence-electron chi connectivity index (χ3n) is 5.59. The number of thioether (sulfide) groups is 1. The number of nitrogens with zero attached hydrogens (tertiary/aromatic N) is 2. The number of nitro benzene ring substituents is 1. The highest BCUT2D eigenvalue weighted by Gasteiger charge is 2.35. The summed E-state index contributed by atoms with van der Waals surface area (Å²) in [5, 5.41) is 12.9. The Hall–Kier alpha value is -4.37. The zero-order valence-corrected chi connectivity index (χ0v) is 19.3. The van der Waals surface area contributed by atoms with Gasteiger partial charge in [0.15, 0.2) is 0 Å². The second kappa shape index (κ2) is 9.11. The number of hydrogen-bond donors (Lipinski definition) is 0. The van der Waals surface area contributed by atoms with Crippen molar-refractivity contribution in [1.82, 2.24) is 4.90 Å². The molecule has 1 aliphatic rings. The van der Waals surface area contributed by atoms with Gasteiger partial charge in [0.2, 0.25) is 0 Å². The average Bonchev–Trinajstić information content (AvgIpc) is 3.43. The number of non-ortho nitro benzene ring substituents is 1. The van der Waals surface area contributed by atoms with Gasteiger partial charge in [-0.3, -0.25) is 24.6 Å². The molecule has 1 saturated heterocycles. The number of benzene rings is 3. The summed E-state index contributed by atoms with van der Waals surface area (Å²) in [5.41, 5.74) is 1.16. The maximum absolute atomic E-state index is 13.0. The quantitative estimate of drug-likeness (QED) is 0.180. The summed E-state index contributed by atoms with van der Waals surface area (Å²) in [6.07, 6.45) is 1.50. The molecular formula is C26H18N2O6S. The molecule has 2 amide bonds. The number of furan rings is 1. The minimum atomic E-state index is -0.502. The van der Waals surface area contributed by atoms with E-state index < -0.39 is 10.8 Å². The van der Waals surface area contributed by atoms with Gasteiger partial charge in [0.05, 0.1) is 29.0 Å². The summed E-state index contributed by atoms with van der Waals surface area (Å²) >= 11 is 0.843. The van der Waals surface area contributed by atoms with E-state index in [1.807, 2.05) is 42.5 Å². The van der Waals surface area contributed by atoms with Crippen molar-refractivity contribution in [3.05, 3.63) is 99.1 Å². The fourth-order valence-corrected chi connectivity index (χ4v) is 4.68. The van der Waals surface area contributed by atoms with Gasteiger partial charge < -0.3 is 9.15 Å². The third-order valence-corrected chi connectivity index (χ3v) is 6.50. The Morgan fingerprint density at radius 2 is 1.83 bits per heavy atom. The molecule has 1 aromatic heterocycles. The Kier molecular flexibility index (Phi) is 5.84. The molecule has 0 atom stereocenters. The van der Waals surface area contributed by atoms with Crippen LogP contribution >= 0.6 is 11.8 Å². The molecule has 1 aliphatic heterocycles. The zero-order chi connectivity index (χ0) is 24.5. The Balaban J connectivity index is 1.38. The Bertz CT molecular complexity index is 1520. The van der Waals surface area contributed by atoms with Crippen LogP contribution < -0.4 is 4.74 Å². The molecule has 174 valence electrons. The summed E-state index contributed by atoms with van der Waals surface area (Å²) in [6.45, 7) is 0.168. The van der Waals surface area contributed by atoms with Gasteiger partial charge in [0.25, 0.3) is 16.8 Å². The zero-order valence-electron chi connectivity index (χ0n) is 18.5. The number of rotatable bonds is 6. The van der Waals surface area contributed by atoms with Gasteiger partial charge in [-0.1, -0.05) is 36.4 Å². The van der Waals surface area contributed by atoms with Crippen LogP contribution in [-0.4, -0.2) is 28.1 Å². The average molecular weight is 487 g/mol. The standard InChI is InChI=1S/C26H18N2O6S/c1-33-22-10-8-19(28(31)32)13-21(22)23-11-9-20(34-23)14-24-25(29)27(26(30)35-24)15-16-6-7-17-4-2-3-5-18(17)12-16/h2-14H,15H2,1H3/b24-14-. The first kappa shape index (κ1) is 22.4. The number of methoxy groups -OCH3 is 1. The monoisotopic (exact) mass is 486 g/mol. The van der Waals surface area contributed by atoms with Gasteiger partial charge >= 0.3 is 0 Å². The van der Waals surface area contributed by atoms with E-state index in [0.717, 1.165) is 28.1 Å². The normalized spacial score (nSPS) is 14.8. The Morgan fingerprint density at radius 1 is 1.03 bits per heavy atom. The number of ether oxygens (including phenoxy) is 1. The molecule has 8 nitrogen and oxygen atoms in total. The lowest BCUT2D eigenvalue weighted by molar-refractivity contribution is -0.384. The molecule has 0 N–H and O–H groups in total. The van der Waals surface area contributed by atoms with Crippen LogP contribution in [0.2, 0.25) is 0 Å². The number of nitro groups is 1. The summed E-state index contributed by atoms with van der Waals surface area (Å²) in [4.78, 5) is 37.6. The highest BCUT2D eigenvalue weighted by atomic mass is 32.2. The second-order valence-corrected chi connectivity index (χ2v) is 8.79. The molecule has 0 bridgehead atoms. The topological polar surface area (TPSA) is 103 Å². The molecule has 9 heteroatoms. The van der Waals surface area contributed by atoms with E-state index in [1.54, 1.807) is 12.1 Å². The van der Waals surface area contributed by atoms with Crippen LogP contribution in [0.1, 0.15) is 11.3 Å². The van der Waals surface area contributed by atoms with Crippen molar-refractivity contribution in [2.45, 2.75) is 6.54 Å². The maximum Gasteiger partial charge on any atom is 0.293 e. The molecule has 1 fully saturated rings. The highest BCUT2D eigenvalue weighted by Crippen LogP contribution is 2.37. The first-order valence-corrected chi connectivity index (χ1v) is 11.4. The van der Waals surface area contributed by atoms with Gasteiger partial charge in [-0.15, -0.1) is 0 Å². The summed E-state index contributed by atoms with van der Waals surface area (Å²) in [7, 11) is 1.46. The lowest BCUT2D eigenvalue weighted by atomic mass is 10.1. The van der Waals surface area contributed by atoms with Gasteiger partial charge in [-0.25, -0.2) is 0 Å². The van der Waals surface area contributed by atoms with Crippen molar-refractivity contribution in [3.8, 4) is 17.1 Å². The molecular weight excluding hydrogens is 468 g/mol. The van der Waals surface area contributed by atoms with Gasteiger partial charge in [-0.05, 0) is 52.4 Å². The maximum atomic E-state index is 13.0. The van der Waals surface area contributed by atoms with E-state index in [0.29, 0.717) is 22.8 Å². The molecule has 0 unspecified atom stereocenters. The van der Waals surface area contributed by atoms with E-state index in [-0.39, 0.29) is 22.4 Å². The van der Waals surface area contributed by atoms with Gasteiger partial charge in [0.1, 0.15) is 17.3 Å². The Morgan fingerprint density at radius 3 is 2.60 bits per heavy atom. The first-order valence-electron chi connectivity index (χ1n) is 10.6. The molecule has 5 rings (SSSR count). The fourth-order valence-electron chi connectivity index (χ4n) is 3.86. The molecule has 0 aliphatic carbocycles.